The van der Waals surface area contributed by atoms with Gasteiger partial charge < -0.3 is 15.1 Å². The van der Waals surface area contributed by atoms with Crippen LogP contribution < -0.4 is 10.6 Å². The second-order valence-electron chi connectivity index (χ2n) is 5.75. The summed E-state index contributed by atoms with van der Waals surface area (Å²) in [7, 11) is -3.61. The number of benzene rings is 1. The maximum Gasteiger partial charge on any atom is 0.287 e. The number of nitrogens with one attached hydrogen (secondary N) is 2. The van der Waals surface area contributed by atoms with E-state index in [0.29, 0.717) is 0 Å². The molecule has 0 bridgehead atoms. The van der Waals surface area contributed by atoms with Gasteiger partial charge in [-0.15, -0.1) is 0 Å². The van der Waals surface area contributed by atoms with Crippen molar-refractivity contribution in [2.45, 2.75) is 30.5 Å². The van der Waals surface area contributed by atoms with Gasteiger partial charge in [0.1, 0.15) is 0 Å². The van der Waals surface area contributed by atoms with Crippen molar-refractivity contribution in [1.82, 2.24) is 10.6 Å². The van der Waals surface area contributed by atoms with Crippen LogP contribution in [0.4, 0.5) is 0 Å². The van der Waals surface area contributed by atoms with E-state index in [2.05, 4.69) is 10.6 Å². The van der Waals surface area contributed by atoms with Gasteiger partial charge in [0.25, 0.3) is 5.91 Å². The highest BCUT2D eigenvalue weighted by atomic mass is 32.2. The smallest absolute Gasteiger partial charge is 0.287 e. The van der Waals surface area contributed by atoms with E-state index < -0.39 is 15.7 Å². The van der Waals surface area contributed by atoms with E-state index >= 15 is 0 Å². The molecule has 134 valence electrons. The Morgan fingerprint density at radius 2 is 1.80 bits per heavy atom. The van der Waals surface area contributed by atoms with Gasteiger partial charge in [0.05, 0.1) is 23.5 Å². The van der Waals surface area contributed by atoms with Crippen molar-refractivity contribution in [3.8, 4) is 0 Å². The molecule has 0 atom stereocenters. The number of carbonyl (C=O) groups excluding carboxylic acids is 2. The fraction of sp³-hybridized carbons (Fsp3) is 0.294. The fourth-order valence-corrected chi connectivity index (χ4v) is 3.55. The first kappa shape index (κ1) is 18.7. The predicted molar refractivity (Wildman–Crippen MR) is 91.7 cm³/mol. The molecule has 0 saturated heterocycles. The molecule has 1 heterocycles. The summed E-state index contributed by atoms with van der Waals surface area (Å²) in [5.74, 6) is -1.46. The number of sulfone groups is 1. The highest BCUT2D eigenvalue weighted by Gasteiger charge is 2.22. The van der Waals surface area contributed by atoms with E-state index in [1.54, 1.807) is 32.0 Å². The number of hydrogen-bond donors (Lipinski definition) is 2. The van der Waals surface area contributed by atoms with Crippen LogP contribution in [0.1, 0.15) is 30.0 Å². The molecular weight excluding hydrogens is 344 g/mol. The average molecular weight is 364 g/mol. The Morgan fingerprint density at radius 3 is 2.44 bits per heavy atom. The van der Waals surface area contributed by atoms with Gasteiger partial charge in [-0.3, -0.25) is 9.59 Å². The fourth-order valence-electron chi connectivity index (χ4n) is 2.18. The summed E-state index contributed by atoms with van der Waals surface area (Å²) in [6.07, 6.45) is 1.25. The van der Waals surface area contributed by atoms with Crippen LogP contribution in [0, 0.1) is 0 Å². The van der Waals surface area contributed by atoms with Gasteiger partial charge in [0.15, 0.2) is 15.6 Å². The summed E-state index contributed by atoms with van der Waals surface area (Å²) in [4.78, 5) is 23.9. The van der Waals surface area contributed by atoms with Gasteiger partial charge in [-0.2, -0.15) is 0 Å². The topological polar surface area (TPSA) is 105 Å². The van der Waals surface area contributed by atoms with E-state index in [4.69, 9.17) is 4.42 Å². The molecule has 0 fully saturated rings. The number of rotatable bonds is 7. The minimum absolute atomic E-state index is 0.0420. The maximum absolute atomic E-state index is 12.4. The van der Waals surface area contributed by atoms with Crippen LogP contribution in [0.25, 0.3) is 0 Å². The molecule has 2 N–H and O–H groups in total. The van der Waals surface area contributed by atoms with Crippen LogP contribution in [0.2, 0.25) is 0 Å². The summed E-state index contributed by atoms with van der Waals surface area (Å²) in [5, 5.41) is 5.05. The van der Waals surface area contributed by atoms with Gasteiger partial charge in [0, 0.05) is 11.6 Å². The van der Waals surface area contributed by atoms with Crippen LogP contribution in [0.15, 0.2) is 52.0 Å². The molecule has 8 heteroatoms. The molecule has 7 nitrogen and oxygen atoms in total. The Kier molecular flexibility index (Phi) is 5.97. The molecule has 2 rings (SSSR count). The first-order valence-corrected chi connectivity index (χ1v) is 9.36. The van der Waals surface area contributed by atoms with Gasteiger partial charge in [0.2, 0.25) is 5.91 Å². The highest BCUT2D eigenvalue weighted by Crippen LogP contribution is 2.19. The van der Waals surface area contributed by atoms with Crippen molar-refractivity contribution >= 4 is 21.7 Å². The molecule has 0 aliphatic rings. The highest BCUT2D eigenvalue weighted by molar-refractivity contribution is 7.90. The lowest BCUT2D eigenvalue weighted by Gasteiger charge is -2.09. The Morgan fingerprint density at radius 1 is 1.12 bits per heavy atom. The monoisotopic (exact) mass is 364 g/mol. The molecule has 2 amide bonds. The number of amides is 2. The molecule has 0 radical (unpaired) electrons. The van der Waals surface area contributed by atoms with Crippen molar-refractivity contribution in [2.24, 2.45) is 0 Å². The summed E-state index contributed by atoms with van der Waals surface area (Å²) < 4.78 is 30.0. The van der Waals surface area contributed by atoms with E-state index in [1.165, 1.54) is 24.5 Å². The zero-order valence-corrected chi connectivity index (χ0v) is 14.8. The lowest BCUT2D eigenvalue weighted by Crippen LogP contribution is -2.39. The first-order chi connectivity index (χ1) is 11.8. The third-order valence-electron chi connectivity index (χ3n) is 3.26. The molecule has 0 saturated carbocycles. The Hall–Kier alpha value is -2.61. The van der Waals surface area contributed by atoms with Crippen molar-refractivity contribution in [3.63, 3.8) is 0 Å². The first-order valence-electron chi connectivity index (χ1n) is 7.71. The van der Waals surface area contributed by atoms with Crippen molar-refractivity contribution in [1.29, 1.82) is 0 Å². The number of furan rings is 1. The minimum atomic E-state index is -3.61. The minimum Gasteiger partial charge on any atom is -0.459 e. The molecule has 0 unspecified atom stereocenters. The number of carbonyl (C=O) groups is 2. The Bertz CT molecular complexity index is 841. The molecule has 0 aliphatic heterocycles. The van der Waals surface area contributed by atoms with Gasteiger partial charge in [-0.1, -0.05) is 18.2 Å². The molecule has 1 aromatic heterocycles. The third-order valence-corrected chi connectivity index (χ3v) is 4.94. The standard InChI is InChI=1S/C17H20N2O5S/c1-12(2)19-15(20)10-18-17(21)16-13(8-9-24-16)11-25(22,23)14-6-4-3-5-7-14/h3-9,12H,10-11H2,1-2H3,(H,18,21)(H,19,20). The van der Waals surface area contributed by atoms with E-state index in [-0.39, 0.29) is 40.5 Å². The van der Waals surface area contributed by atoms with Crippen LogP contribution in [-0.4, -0.2) is 32.8 Å². The third kappa shape index (κ3) is 5.18. The quantitative estimate of drug-likeness (QED) is 0.775. The normalized spacial score (nSPS) is 11.3. The van der Waals surface area contributed by atoms with Crippen LogP contribution >= 0.6 is 0 Å². The summed E-state index contributed by atoms with van der Waals surface area (Å²) in [5.41, 5.74) is 0.241. The second kappa shape index (κ2) is 7.98. The molecule has 25 heavy (non-hydrogen) atoms. The van der Waals surface area contributed by atoms with E-state index in [9.17, 15) is 18.0 Å². The molecule has 0 spiro atoms. The van der Waals surface area contributed by atoms with Crippen LogP contribution in [0.3, 0.4) is 0 Å². The lowest BCUT2D eigenvalue weighted by atomic mass is 10.2. The zero-order chi connectivity index (χ0) is 18.4. The van der Waals surface area contributed by atoms with Crippen LogP contribution in [-0.2, 0) is 20.4 Å². The van der Waals surface area contributed by atoms with Crippen molar-refractivity contribution in [3.05, 3.63) is 54.0 Å². The summed E-state index contributed by atoms with van der Waals surface area (Å²) in [6.45, 7) is 3.39. The molecule has 1 aromatic carbocycles. The second-order valence-corrected chi connectivity index (χ2v) is 7.74. The largest absolute Gasteiger partial charge is 0.459 e. The average Bonchev–Trinajstić information content (AvgIpc) is 3.00. The Labute approximate surface area is 146 Å². The summed E-state index contributed by atoms with van der Waals surface area (Å²) >= 11 is 0. The molecule has 0 aliphatic carbocycles. The van der Waals surface area contributed by atoms with Gasteiger partial charge in [-0.05, 0) is 32.0 Å². The van der Waals surface area contributed by atoms with Crippen molar-refractivity contribution < 1.29 is 22.4 Å². The number of hydrogen-bond acceptors (Lipinski definition) is 5. The van der Waals surface area contributed by atoms with Gasteiger partial charge in [-0.25, -0.2) is 8.42 Å². The zero-order valence-electron chi connectivity index (χ0n) is 14.0. The summed E-state index contributed by atoms with van der Waals surface area (Å²) in [6, 6.07) is 9.35. The molecular formula is C17H20N2O5S. The molecule has 2 aromatic rings. The Balaban J connectivity index is 2.07. The van der Waals surface area contributed by atoms with Crippen molar-refractivity contribution in [2.75, 3.05) is 6.54 Å². The van der Waals surface area contributed by atoms with E-state index in [1.807, 2.05) is 0 Å². The predicted octanol–water partition coefficient (Wildman–Crippen LogP) is 1.51. The lowest BCUT2D eigenvalue weighted by molar-refractivity contribution is -0.120. The van der Waals surface area contributed by atoms with E-state index in [0.717, 1.165) is 0 Å². The van der Waals surface area contributed by atoms with Gasteiger partial charge >= 0.3 is 0 Å². The SMILES string of the molecule is CC(C)NC(=O)CNC(=O)c1occc1CS(=O)(=O)c1ccccc1. The maximum atomic E-state index is 12.4. The van der Waals surface area contributed by atoms with Crippen LogP contribution in [0.5, 0.6) is 0 Å².